The summed E-state index contributed by atoms with van der Waals surface area (Å²) in [5.41, 5.74) is 13.1. The van der Waals surface area contributed by atoms with Crippen LogP contribution in [-0.2, 0) is 14.2 Å². The second-order valence-corrected chi connectivity index (χ2v) is 7.73. The number of nitrogen functional groups attached to an aromatic ring is 1. The van der Waals surface area contributed by atoms with Gasteiger partial charge in [0, 0.05) is 12.6 Å². The number of ether oxygens (including phenoxy) is 3. The standard InChI is InChI=1S/C17H25N7O5/c1-17(2)28-11-9(5-8(18)3-4-20-16(25)26)27-15(12(11)29-17)24-7-23-10-13(19)21-6-22-14(10)24/h6-9,11-12,15,20H,3-5,18H2,1-2H3,(H,25,26)(H2,19,21,22)/t8?,9-,11-,12-,15-/m1/s1. The Hall–Kier alpha value is -2.54. The van der Waals surface area contributed by atoms with Crippen LogP contribution in [0.15, 0.2) is 12.7 Å². The molecule has 0 aromatic carbocycles. The quantitative estimate of drug-likeness (QED) is 0.518. The molecule has 2 aromatic rings. The van der Waals surface area contributed by atoms with Crippen molar-refractivity contribution in [1.29, 1.82) is 0 Å². The summed E-state index contributed by atoms with van der Waals surface area (Å²) < 4.78 is 20.2. The lowest BCUT2D eigenvalue weighted by Crippen LogP contribution is -2.37. The van der Waals surface area contributed by atoms with E-state index in [4.69, 9.17) is 30.8 Å². The predicted molar refractivity (Wildman–Crippen MR) is 101 cm³/mol. The van der Waals surface area contributed by atoms with Gasteiger partial charge in [-0.05, 0) is 26.7 Å². The van der Waals surface area contributed by atoms with Crippen LogP contribution in [0.1, 0.15) is 32.9 Å². The molecule has 2 fully saturated rings. The van der Waals surface area contributed by atoms with E-state index in [9.17, 15) is 4.79 Å². The van der Waals surface area contributed by atoms with Gasteiger partial charge in [0.1, 0.15) is 24.1 Å². The number of nitrogens with zero attached hydrogens (tertiary/aromatic N) is 4. The minimum atomic E-state index is -1.07. The van der Waals surface area contributed by atoms with Crippen molar-refractivity contribution >= 4 is 23.1 Å². The van der Waals surface area contributed by atoms with Gasteiger partial charge in [0.25, 0.3) is 0 Å². The average Bonchev–Trinajstić information content (AvgIpc) is 3.27. The van der Waals surface area contributed by atoms with Crippen molar-refractivity contribution in [3.05, 3.63) is 12.7 Å². The molecular formula is C17H25N7O5. The molecule has 0 spiro atoms. The summed E-state index contributed by atoms with van der Waals surface area (Å²) in [6.45, 7) is 3.97. The van der Waals surface area contributed by atoms with Gasteiger partial charge in [0.05, 0.1) is 12.4 Å². The van der Waals surface area contributed by atoms with Crippen LogP contribution in [0.3, 0.4) is 0 Å². The van der Waals surface area contributed by atoms with Gasteiger partial charge in [-0.15, -0.1) is 0 Å². The molecule has 0 radical (unpaired) electrons. The monoisotopic (exact) mass is 407 g/mol. The maximum absolute atomic E-state index is 10.6. The van der Waals surface area contributed by atoms with E-state index in [0.29, 0.717) is 24.0 Å². The van der Waals surface area contributed by atoms with Gasteiger partial charge >= 0.3 is 6.09 Å². The van der Waals surface area contributed by atoms with E-state index in [1.165, 1.54) is 6.33 Å². The average molecular weight is 407 g/mol. The first-order valence-electron chi connectivity index (χ1n) is 9.41. The molecule has 1 unspecified atom stereocenters. The summed E-state index contributed by atoms with van der Waals surface area (Å²) >= 11 is 0. The Bertz CT molecular complexity index is 903. The van der Waals surface area contributed by atoms with Crippen LogP contribution < -0.4 is 16.8 Å². The van der Waals surface area contributed by atoms with Crippen LogP contribution in [0.25, 0.3) is 11.2 Å². The fourth-order valence-electron chi connectivity index (χ4n) is 3.91. The fourth-order valence-corrected chi connectivity index (χ4v) is 3.91. The molecule has 2 aromatic heterocycles. The second-order valence-electron chi connectivity index (χ2n) is 7.73. The normalized spacial score (nSPS) is 29.1. The van der Waals surface area contributed by atoms with Gasteiger partial charge in [0.15, 0.2) is 23.5 Å². The Kier molecular flexibility index (Phi) is 5.02. The molecule has 1 amide bonds. The maximum atomic E-state index is 10.6. The van der Waals surface area contributed by atoms with E-state index in [0.717, 1.165) is 0 Å². The highest BCUT2D eigenvalue weighted by Crippen LogP contribution is 2.44. The SMILES string of the molecule is CC1(C)O[C@@H]2[C@H](O1)[C@@H](CC(N)CCNC(=O)O)O[C@H]2n1cnc2c(N)ncnc21. The molecule has 4 heterocycles. The smallest absolute Gasteiger partial charge is 0.404 e. The van der Waals surface area contributed by atoms with E-state index >= 15 is 0 Å². The summed E-state index contributed by atoms with van der Waals surface area (Å²) in [5, 5.41) is 11.0. The number of aromatic nitrogens is 4. The van der Waals surface area contributed by atoms with Crippen molar-refractivity contribution < 1.29 is 24.1 Å². The highest BCUT2D eigenvalue weighted by atomic mass is 16.8. The molecular weight excluding hydrogens is 382 g/mol. The summed E-state index contributed by atoms with van der Waals surface area (Å²) in [4.78, 5) is 23.2. The van der Waals surface area contributed by atoms with Gasteiger partial charge in [-0.2, -0.15) is 0 Å². The summed E-state index contributed by atoms with van der Waals surface area (Å²) in [6, 6.07) is -0.268. The molecule has 5 atom stereocenters. The zero-order chi connectivity index (χ0) is 20.8. The Morgan fingerprint density at radius 2 is 2.10 bits per heavy atom. The van der Waals surface area contributed by atoms with Gasteiger partial charge in [-0.1, -0.05) is 0 Å². The lowest BCUT2D eigenvalue weighted by atomic mass is 10.0. The minimum Gasteiger partial charge on any atom is -0.465 e. The van der Waals surface area contributed by atoms with E-state index in [1.54, 1.807) is 10.9 Å². The molecule has 2 aliphatic rings. The molecule has 2 saturated heterocycles. The number of anilines is 1. The number of carbonyl (C=O) groups is 1. The molecule has 12 heteroatoms. The van der Waals surface area contributed by atoms with Crippen molar-refractivity contribution in [2.24, 2.45) is 5.73 Å². The van der Waals surface area contributed by atoms with Crippen molar-refractivity contribution in [2.75, 3.05) is 12.3 Å². The molecule has 29 heavy (non-hydrogen) atoms. The van der Waals surface area contributed by atoms with E-state index in [1.807, 2.05) is 13.8 Å². The van der Waals surface area contributed by atoms with Crippen LogP contribution in [0.2, 0.25) is 0 Å². The second kappa shape index (κ2) is 7.37. The molecule has 0 aliphatic carbocycles. The highest BCUT2D eigenvalue weighted by molar-refractivity contribution is 5.81. The number of nitrogens with one attached hydrogen (secondary N) is 1. The third-order valence-electron chi connectivity index (χ3n) is 5.11. The Balaban J connectivity index is 1.54. The molecule has 0 bridgehead atoms. The molecule has 4 rings (SSSR count). The van der Waals surface area contributed by atoms with Crippen molar-refractivity contribution in [3.8, 4) is 0 Å². The number of imidazole rings is 1. The molecule has 12 nitrogen and oxygen atoms in total. The summed E-state index contributed by atoms with van der Waals surface area (Å²) in [6.07, 6.45) is 1.32. The van der Waals surface area contributed by atoms with Crippen molar-refractivity contribution in [3.63, 3.8) is 0 Å². The van der Waals surface area contributed by atoms with E-state index in [-0.39, 0.29) is 36.7 Å². The molecule has 2 aliphatic heterocycles. The first-order chi connectivity index (χ1) is 13.7. The first-order valence-corrected chi connectivity index (χ1v) is 9.41. The van der Waals surface area contributed by atoms with Crippen molar-refractivity contribution in [1.82, 2.24) is 24.8 Å². The number of nitrogens with two attached hydrogens (primary N) is 2. The van der Waals surface area contributed by atoms with Gasteiger partial charge in [-0.3, -0.25) is 4.57 Å². The van der Waals surface area contributed by atoms with Crippen LogP contribution >= 0.6 is 0 Å². The number of hydrogen-bond acceptors (Lipinski definition) is 9. The predicted octanol–water partition coefficient (Wildman–Crippen LogP) is 0.201. The Labute approximate surface area is 166 Å². The fraction of sp³-hybridized carbons (Fsp3) is 0.647. The Morgan fingerprint density at radius 3 is 2.86 bits per heavy atom. The largest absolute Gasteiger partial charge is 0.465 e. The zero-order valence-electron chi connectivity index (χ0n) is 16.2. The lowest BCUT2D eigenvalue weighted by Gasteiger charge is -2.26. The minimum absolute atomic E-state index is 0.268. The lowest BCUT2D eigenvalue weighted by molar-refractivity contribution is -0.197. The third kappa shape index (κ3) is 3.83. The number of carboxylic acid groups (broad SMARTS) is 1. The molecule has 6 N–H and O–H groups in total. The van der Waals surface area contributed by atoms with Gasteiger partial charge < -0.3 is 36.1 Å². The summed E-state index contributed by atoms with van der Waals surface area (Å²) in [7, 11) is 0. The van der Waals surface area contributed by atoms with E-state index in [2.05, 4.69) is 20.3 Å². The first kappa shape index (κ1) is 19.8. The van der Waals surface area contributed by atoms with Crippen molar-refractivity contribution in [2.45, 2.75) is 63.1 Å². The molecule has 158 valence electrons. The topological polar surface area (TPSA) is 173 Å². The van der Waals surface area contributed by atoms with Gasteiger partial charge in [-0.25, -0.2) is 19.7 Å². The third-order valence-corrected chi connectivity index (χ3v) is 5.11. The van der Waals surface area contributed by atoms with Gasteiger partial charge in [0.2, 0.25) is 0 Å². The van der Waals surface area contributed by atoms with E-state index < -0.39 is 18.1 Å². The number of amides is 1. The zero-order valence-corrected chi connectivity index (χ0v) is 16.2. The number of hydrogen-bond donors (Lipinski definition) is 4. The van der Waals surface area contributed by atoms with Crippen LogP contribution in [0, 0.1) is 0 Å². The molecule has 0 saturated carbocycles. The number of rotatable bonds is 6. The van der Waals surface area contributed by atoms with Crippen LogP contribution in [0.4, 0.5) is 10.6 Å². The Morgan fingerprint density at radius 1 is 1.34 bits per heavy atom. The number of fused-ring (bicyclic) bond motifs is 2. The van der Waals surface area contributed by atoms with Crippen LogP contribution in [0.5, 0.6) is 0 Å². The van der Waals surface area contributed by atoms with Crippen LogP contribution in [-0.4, -0.2) is 67.4 Å². The maximum Gasteiger partial charge on any atom is 0.404 e. The highest BCUT2D eigenvalue weighted by Gasteiger charge is 2.56. The summed E-state index contributed by atoms with van der Waals surface area (Å²) in [5.74, 6) is -0.480.